The van der Waals surface area contributed by atoms with Gasteiger partial charge in [-0.2, -0.15) is 18.2 Å². The number of halogens is 4. The highest BCUT2D eigenvalue weighted by molar-refractivity contribution is 8.18. The predicted octanol–water partition coefficient (Wildman–Crippen LogP) is 5.56. The maximum atomic E-state index is 12.9. The molecule has 0 saturated carbocycles. The van der Waals surface area contributed by atoms with E-state index in [1.165, 1.54) is 0 Å². The molecule has 0 bridgehead atoms. The van der Waals surface area contributed by atoms with Crippen LogP contribution in [0.15, 0.2) is 52.5 Å². The van der Waals surface area contributed by atoms with Crippen molar-refractivity contribution in [3.8, 4) is 0 Å². The van der Waals surface area contributed by atoms with Gasteiger partial charge in [-0.15, -0.1) is 0 Å². The van der Waals surface area contributed by atoms with Crippen molar-refractivity contribution in [2.75, 3.05) is 48.8 Å². The Morgan fingerprint density at radius 1 is 1.09 bits per heavy atom. The number of ether oxygens (including phenoxy) is 1. The molecule has 0 atom stereocenters. The first-order chi connectivity index (χ1) is 22.2. The monoisotopic (exact) mass is 688 g/mol. The molecule has 1 aromatic heterocycles. The lowest BCUT2D eigenvalue weighted by Crippen LogP contribution is -2.45. The van der Waals surface area contributed by atoms with Crippen molar-refractivity contribution in [3.63, 3.8) is 0 Å². The number of thioether (sulfide) groups is 1. The molecule has 246 valence electrons. The van der Waals surface area contributed by atoms with Crippen molar-refractivity contribution in [2.45, 2.75) is 20.0 Å². The summed E-state index contributed by atoms with van der Waals surface area (Å²) in [4.78, 5) is 61.8. The fourth-order valence-electron chi connectivity index (χ4n) is 4.72. The molecule has 2 aliphatic heterocycles. The summed E-state index contributed by atoms with van der Waals surface area (Å²) < 4.78 is 42.8. The number of nitrogens with one attached hydrogen (secondary N) is 2. The zero-order chi connectivity index (χ0) is 34.0. The van der Waals surface area contributed by atoms with Gasteiger partial charge in [0.25, 0.3) is 5.91 Å². The molecule has 3 aromatic rings. The quantitative estimate of drug-likeness (QED) is 0.193. The lowest BCUT2D eigenvalue weighted by atomic mass is 10.0. The normalized spacial score (nSPS) is 16.5. The molecule has 47 heavy (non-hydrogen) atoms. The minimum atomic E-state index is -5.35. The Morgan fingerprint density at radius 3 is 2.49 bits per heavy atom. The van der Waals surface area contributed by atoms with Crippen molar-refractivity contribution in [3.05, 3.63) is 63.6 Å². The number of hydrogen-bond acceptors (Lipinski definition) is 10. The molecule has 0 aliphatic carbocycles. The van der Waals surface area contributed by atoms with Crippen LogP contribution in [0.1, 0.15) is 29.8 Å². The highest BCUT2D eigenvalue weighted by atomic mass is 35.5. The van der Waals surface area contributed by atoms with Crippen LogP contribution in [0.4, 0.5) is 30.2 Å². The number of esters is 2. The number of anilines is 3. The predicted molar refractivity (Wildman–Crippen MR) is 174 cm³/mol. The van der Waals surface area contributed by atoms with Gasteiger partial charge in [0.05, 0.1) is 26.8 Å². The molecular formula is C31H28ClF3N6O5S. The smallest absolute Gasteiger partial charge is 0.383 e. The number of fused-ring (bicyclic) bond motifs is 1. The number of aliphatic imine (C=N–C) groups is 1. The van der Waals surface area contributed by atoms with E-state index >= 15 is 0 Å². The zero-order valence-electron chi connectivity index (χ0n) is 25.3. The third-order valence-corrected chi connectivity index (χ3v) is 8.47. The Hall–Kier alpha value is -4.47. The van der Waals surface area contributed by atoms with Gasteiger partial charge in [-0.25, -0.2) is 9.59 Å². The van der Waals surface area contributed by atoms with Crippen LogP contribution >= 0.6 is 23.4 Å². The molecule has 5 rings (SSSR count). The number of amides is 2. The Morgan fingerprint density at radius 2 is 1.81 bits per heavy atom. The van der Waals surface area contributed by atoms with Crippen molar-refractivity contribution in [1.29, 1.82) is 0 Å². The fraction of sp³-hybridized carbons (Fsp3) is 0.290. The molecule has 2 aromatic carbocycles. The Balaban J connectivity index is 1.44. The van der Waals surface area contributed by atoms with E-state index in [1.807, 2.05) is 11.9 Å². The second-order valence-corrected chi connectivity index (χ2v) is 12.5. The molecule has 0 spiro atoms. The second-order valence-electron chi connectivity index (χ2n) is 11.1. The third-order valence-electron chi connectivity index (χ3n) is 7.24. The van der Waals surface area contributed by atoms with Crippen LogP contribution in [0.3, 0.4) is 0 Å². The molecular weight excluding hydrogens is 661 g/mol. The summed E-state index contributed by atoms with van der Waals surface area (Å²) in [5.74, 6) is -5.04. The maximum absolute atomic E-state index is 12.9. The van der Waals surface area contributed by atoms with E-state index in [9.17, 15) is 32.3 Å². The van der Waals surface area contributed by atoms with Crippen molar-refractivity contribution in [1.82, 2.24) is 9.88 Å². The Bertz CT molecular complexity index is 1840. The summed E-state index contributed by atoms with van der Waals surface area (Å²) in [6.45, 7) is 5.63. The first-order valence-corrected chi connectivity index (χ1v) is 15.5. The highest BCUT2D eigenvalue weighted by Gasteiger charge is 2.43. The van der Waals surface area contributed by atoms with Gasteiger partial charge in [0.2, 0.25) is 5.91 Å². The zero-order valence-corrected chi connectivity index (χ0v) is 26.8. The first-order valence-electron chi connectivity index (χ1n) is 14.3. The third kappa shape index (κ3) is 7.92. The van der Waals surface area contributed by atoms with Gasteiger partial charge in [-0.1, -0.05) is 31.5 Å². The average Bonchev–Trinajstić information content (AvgIpc) is 3.35. The number of carbonyl (C=O) groups is 4. The molecule has 11 nitrogen and oxygen atoms in total. The number of hydrogen-bond donors (Lipinski definition) is 2. The Labute approximate surface area is 276 Å². The number of alkyl halides is 3. The van der Waals surface area contributed by atoms with Gasteiger partial charge in [-0.05, 0) is 60.8 Å². The van der Waals surface area contributed by atoms with E-state index in [-0.39, 0.29) is 33.1 Å². The molecule has 2 aliphatic rings. The summed E-state index contributed by atoms with van der Waals surface area (Å²) in [7, 11) is 1.92. The molecule has 0 radical (unpaired) electrons. The molecule has 2 amide bonds. The van der Waals surface area contributed by atoms with Gasteiger partial charge in [0, 0.05) is 49.4 Å². The van der Waals surface area contributed by atoms with Crippen molar-refractivity contribution in [2.24, 2.45) is 10.9 Å². The van der Waals surface area contributed by atoms with E-state index in [0.717, 1.165) is 18.0 Å². The van der Waals surface area contributed by atoms with Crippen LogP contribution in [0.25, 0.3) is 17.0 Å². The number of rotatable bonds is 6. The van der Waals surface area contributed by atoms with Gasteiger partial charge in [-0.3, -0.25) is 14.6 Å². The second kappa shape index (κ2) is 13.7. The molecule has 1 saturated heterocycles. The summed E-state index contributed by atoms with van der Waals surface area (Å²) in [6, 6.07) is 9.87. The van der Waals surface area contributed by atoms with Crippen LogP contribution < -0.4 is 15.5 Å². The maximum Gasteiger partial charge on any atom is 0.491 e. The van der Waals surface area contributed by atoms with Gasteiger partial charge >= 0.3 is 18.1 Å². The van der Waals surface area contributed by atoms with Crippen LogP contribution in [0.5, 0.6) is 0 Å². The summed E-state index contributed by atoms with van der Waals surface area (Å²) in [6.07, 6.45) is -2.68. The van der Waals surface area contributed by atoms with Gasteiger partial charge < -0.3 is 25.2 Å². The van der Waals surface area contributed by atoms with Crippen LogP contribution in [-0.4, -0.2) is 78.2 Å². The highest BCUT2D eigenvalue weighted by Crippen LogP contribution is 2.35. The minimum absolute atomic E-state index is 0.175. The standard InChI is InChI=1S/C31H28ClF3N6O5S/c1-16(2)26(42)37-18-5-6-21(32)23(14-18)38-30-39-27(43)24(47-30)13-17-4-7-22-19(12-17)25(41-10-8-40(3)9-11-41)20(15-36-22)28(44)46-29(45)31(33,34)35/h4-7,12-16H,8-11H2,1-3H3,(H,37,42)(H,38,39,43). The largest absolute Gasteiger partial charge is 0.491 e. The van der Waals surface area contributed by atoms with Gasteiger partial charge in [0.1, 0.15) is 5.56 Å². The van der Waals surface area contributed by atoms with E-state index < -0.39 is 24.0 Å². The molecule has 0 unspecified atom stereocenters. The van der Waals surface area contributed by atoms with E-state index in [1.54, 1.807) is 56.3 Å². The fourth-order valence-corrected chi connectivity index (χ4v) is 5.71. The Kier molecular flexibility index (Phi) is 9.89. The average molecular weight is 689 g/mol. The number of carbonyl (C=O) groups excluding carboxylic acids is 4. The topological polar surface area (TPSA) is 133 Å². The number of aromatic nitrogens is 1. The molecule has 16 heteroatoms. The summed E-state index contributed by atoms with van der Waals surface area (Å²) >= 11 is 7.40. The van der Waals surface area contributed by atoms with Gasteiger partial charge in [0.15, 0.2) is 5.17 Å². The number of likely N-dealkylation sites (N-methyl/N-ethyl adjacent to an activating group) is 1. The number of benzene rings is 2. The molecule has 2 N–H and O–H groups in total. The number of piperazine rings is 1. The number of nitrogens with zero attached hydrogens (tertiary/aromatic N) is 4. The van der Waals surface area contributed by atoms with E-state index in [0.29, 0.717) is 59.0 Å². The summed E-state index contributed by atoms with van der Waals surface area (Å²) in [5.41, 5.74) is 1.86. The van der Waals surface area contributed by atoms with E-state index in [4.69, 9.17) is 11.6 Å². The van der Waals surface area contributed by atoms with Crippen molar-refractivity contribution < 1.29 is 37.1 Å². The lowest BCUT2D eigenvalue weighted by molar-refractivity contribution is -0.193. The lowest BCUT2D eigenvalue weighted by Gasteiger charge is -2.35. The molecule has 1 fully saturated rings. The minimum Gasteiger partial charge on any atom is -0.383 e. The molecule has 3 heterocycles. The summed E-state index contributed by atoms with van der Waals surface area (Å²) in [5, 5.41) is 6.80. The van der Waals surface area contributed by atoms with Crippen LogP contribution in [0.2, 0.25) is 5.02 Å². The van der Waals surface area contributed by atoms with E-state index in [2.05, 4.69) is 30.2 Å². The SMILES string of the molecule is CC(C)C(=O)Nc1ccc(Cl)c(NC2=NC(=O)C(=Cc3ccc4ncc(C(=O)OC(=O)C(F)(F)F)c(N5CCN(C)CC5)c4c3)S2)c1. The van der Waals surface area contributed by atoms with Crippen LogP contribution in [0, 0.1) is 5.92 Å². The number of pyridine rings is 1. The number of amidine groups is 1. The van der Waals surface area contributed by atoms with Crippen molar-refractivity contribution >= 4 is 86.3 Å². The first kappa shape index (κ1) is 33.9. The van der Waals surface area contributed by atoms with Crippen LogP contribution in [-0.2, 0) is 19.1 Å².